The average molecular weight is 356 g/mol. The minimum Gasteiger partial charge on any atom is -0.495 e. The number of nitrogens with one attached hydrogen (secondary N) is 1. The maximum Gasteiger partial charge on any atom is 0.306 e. The Hall–Kier alpha value is -2.13. The van der Waals surface area contributed by atoms with E-state index in [2.05, 4.69) is 4.72 Å². The highest BCUT2D eigenvalue weighted by Crippen LogP contribution is 2.26. The molecule has 9 heteroatoms. The van der Waals surface area contributed by atoms with E-state index in [4.69, 9.17) is 9.84 Å². The van der Waals surface area contributed by atoms with Gasteiger partial charge in [-0.2, -0.15) is 0 Å². The molecule has 0 aromatic heterocycles. The molecule has 2 rings (SSSR count). The van der Waals surface area contributed by atoms with Gasteiger partial charge in [0.15, 0.2) is 0 Å². The van der Waals surface area contributed by atoms with Crippen LogP contribution in [0.3, 0.4) is 0 Å². The maximum absolute atomic E-state index is 12.6. The molecule has 1 saturated heterocycles. The van der Waals surface area contributed by atoms with Gasteiger partial charge in [0.25, 0.3) is 5.91 Å². The van der Waals surface area contributed by atoms with Crippen LogP contribution in [0.5, 0.6) is 5.75 Å². The SMILES string of the molecule is CNS(=O)(=O)c1cc(C(=O)N2CCC(C(=O)O)CC2)ccc1OC. The van der Waals surface area contributed by atoms with E-state index in [0.29, 0.717) is 25.9 Å². The number of carboxylic acids is 1. The van der Waals surface area contributed by atoms with E-state index < -0.39 is 21.9 Å². The van der Waals surface area contributed by atoms with Crippen molar-refractivity contribution in [3.05, 3.63) is 23.8 Å². The molecule has 8 nitrogen and oxygen atoms in total. The summed E-state index contributed by atoms with van der Waals surface area (Å²) in [5.74, 6) is -1.47. The van der Waals surface area contributed by atoms with Crippen LogP contribution in [0, 0.1) is 5.92 Å². The third-order valence-corrected chi connectivity index (χ3v) is 5.54. The molecule has 1 aliphatic heterocycles. The number of likely N-dealkylation sites (tertiary alicyclic amines) is 1. The zero-order chi connectivity index (χ0) is 17.9. The molecule has 132 valence electrons. The number of aliphatic carboxylic acids is 1. The zero-order valence-corrected chi connectivity index (χ0v) is 14.3. The van der Waals surface area contributed by atoms with Crippen LogP contribution >= 0.6 is 0 Å². The summed E-state index contributed by atoms with van der Waals surface area (Å²) < 4.78 is 31.4. The van der Waals surface area contributed by atoms with Gasteiger partial charge >= 0.3 is 5.97 Å². The Morgan fingerprint density at radius 1 is 1.29 bits per heavy atom. The molecule has 1 heterocycles. The van der Waals surface area contributed by atoms with Gasteiger partial charge in [0, 0.05) is 18.7 Å². The molecule has 0 bridgehead atoms. The highest BCUT2D eigenvalue weighted by atomic mass is 32.2. The molecule has 1 fully saturated rings. The molecular formula is C15H20N2O6S. The second-order valence-electron chi connectivity index (χ2n) is 5.48. The highest BCUT2D eigenvalue weighted by Gasteiger charge is 2.28. The Kier molecular flexibility index (Phi) is 5.45. The molecule has 0 unspecified atom stereocenters. The van der Waals surface area contributed by atoms with Gasteiger partial charge in [-0.3, -0.25) is 9.59 Å². The monoisotopic (exact) mass is 356 g/mol. The van der Waals surface area contributed by atoms with Crippen LogP contribution in [0.25, 0.3) is 0 Å². The van der Waals surface area contributed by atoms with Crippen molar-refractivity contribution in [2.45, 2.75) is 17.7 Å². The van der Waals surface area contributed by atoms with Crippen molar-refractivity contribution in [3.63, 3.8) is 0 Å². The second kappa shape index (κ2) is 7.18. The lowest BCUT2D eigenvalue weighted by Gasteiger charge is -2.30. The van der Waals surface area contributed by atoms with Gasteiger partial charge in [0.05, 0.1) is 13.0 Å². The number of ether oxygens (including phenoxy) is 1. The third-order valence-electron chi connectivity index (χ3n) is 4.10. The number of carbonyl (C=O) groups is 2. The molecule has 1 aromatic rings. The van der Waals surface area contributed by atoms with Crippen LogP contribution in [0.4, 0.5) is 0 Å². The van der Waals surface area contributed by atoms with Crippen molar-refractivity contribution >= 4 is 21.9 Å². The molecule has 0 saturated carbocycles. The normalized spacial score (nSPS) is 16.0. The smallest absolute Gasteiger partial charge is 0.306 e. The molecule has 0 aliphatic carbocycles. The number of hydrogen-bond acceptors (Lipinski definition) is 5. The van der Waals surface area contributed by atoms with E-state index in [1.165, 1.54) is 37.3 Å². The summed E-state index contributed by atoms with van der Waals surface area (Å²) in [5, 5.41) is 9.00. The Balaban J connectivity index is 2.25. The van der Waals surface area contributed by atoms with Crippen molar-refractivity contribution in [3.8, 4) is 5.75 Å². The van der Waals surface area contributed by atoms with Crippen molar-refractivity contribution in [1.82, 2.24) is 9.62 Å². The van der Waals surface area contributed by atoms with Gasteiger partial charge in [-0.1, -0.05) is 0 Å². The highest BCUT2D eigenvalue weighted by molar-refractivity contribution is 7.89. The number of piperidine rings is 1. The predicted molar refractivity (Wildman–Crippen MR) is 85.5 cm³/mol. The Morgan fingerprint density at radius 2 is 1.92 bits per heavy atom. The summed E-state index contributed by atoms with van der Waals surface area (Å²) in [4.78, 5) is 25.0. The second-order valence-corrected chi connectivity index (χ2v) is 7.33. The minimum atomic E-state index is -3.77. The van der Waals surface area contributed by atoms with E-state index in [1.54, 1.807) is 0 Å². The number of amides is 1. The number of methoxy groups -OCH3 is 1. The fourth-order valence-electron chi connectivity index (χ4n) is 2.64. The third kappa shape index (κ3) is 3.68. The fraction of sp³-hybridized carbons (Fsp3) is 0.467. The number of nitrogens with zero attached hydrogens (tertiary/aromatic N) is 1. The minimum absolute atomic E-state index is 0.112. The maximum atomic E-state index is 12.6. The van der Waals surface area contributed by atoms with Crippen LogP contribution in [0.2, 0.25) is 0 Å². The quantitative estimate of drug-likeness (QED) is 0.796. The summed E-state index contributed by atoms with van der Waals surface area (Å²) >= 11 is 0. The van der Waals surface area contributed by atoms with E-state index in [1.807, 2.05) is 0 Å². The number of carbonyl (C=O) groups excluding carboxylic acids is 1. The van der Waals surface area contributed by atoms with Crippen molar-refractivity contribution < 1.29 is 27.9 Å². The number of benzene rings is 1. The molecular weight excluding hydrogens is 336 g/mol. The Labute approximate surface area is 140 Å². The first-order valence-corrected chi connectivity index (χ1v) is 8.92. The van der Waals surface area contributed by atoms with Gasteiger partial charge in [-0.15, -0.1) is 0 Å². The Morgan fingerprint density at radius 3 is 2.42 bits per heavy atom. The molecule has 24 heavy (non-hydrogen) atoms. The van der Waals surface area contributed by atoms with Gasteiger partial charge in [-0.05, 0) is 38.1 Å². The summed E-state index contributed by atoms with van der Waals surface area (Å²) in [6.07, 6.45) is 0.776. The van der Waals surface area contributed by atoms with Crippen molar-refractivity contribution in [2.24, 2.45) is 5.92 Å². The van der Waals surface area contributed by atoms with Gasteiger partial charge < -0.3 is 14.7 Å². The van der Waals surface area contributed by atoms with Crippen molar-refractivity contribution in [1.29, 1.82) is 0 Å². The van der Waals surface area contributed by atoms with Crippen LogP contribution in [-0.2, 0) is 14.8 Å². The zero-order valence-electron chi connectivity index (χ0n) is 13.5. The number of hydrogen-bond donors (Lipinski definition) is 2. The fourth-order valence-corrected chi connectivity index (χ4v) is 3.56. The van der Waals surface area contributed by atoms with Gasteiger partial charge in [-0.25, -0.2) is 13.1 Å². The lowest BCUT2D eigenvalue weighted by atomic mass is 9.96. The molecule has 0 spiro atoms. The first kappa shape index (κ1) is 18.2. The average Bonchev–Trinajstić information content (AvgIpc) is 2.60. The number of rotatable bonds is 5. The molecule has 1 aromatic carbocycles. The van der Waals surface area contributed by atoms with Crippen LogP contribution in [0.15, 0.2) is 23.1 Å². The summed E-state index contributed by atoms with van der Waals surface area (Å²) in [7, 11) is -1.14. The Bertz CT molecular complexity index is 738. The number of sulfonamides is 1. The first-order chi connectivity index (χ1) is 11.3. The molecule has 2 N–H and O–H groups in total. The topological polar surface area (TPSA) is 113 Å². The molecule has 0 atom stereocenters. The standard InChI is InChI=1S/C15H20N2O6S/c1-16-24(21,22)13-9-11(3-4-12(13)23-2)14(18)17-7-5-10(6-8-17)15(19)20/h3-4,9-10,16H,5-8H2,1-2H3,(H,19,20). The first-order valence-electron chi connectivity index (χ1n) is 7.44. The van der Waals surface area contributed by atoms with E-state index in [9.17, 15) is 18.0 Å². The molecule has 1 amide bonds. The van der Waals surface area contributed by atoms with Crippen LogP contribution in [-0.4, -0.2) is 57.5 Å². The van der Waals surface area contributed by atoms with E-state index in [0.717, 1.165) is 0 Å². The van der Waals surface area contributed by atoms with Crippen LogP contribution in [0.1, 0.15) is 23.2 Å². The van der Waals surface area contributed by atoms with Crippen molar-refractivity contribution in [2.75, 3.05) is 27.2 Å². The summed E-state index contributed by atoms with van der Waals surface area (Å²) in [6, 6.07) is 4.21. The van der Waals surface area contributed by atoms with E-state index in [-0.39, 0.29) is 22.1 Å². The summed E-state index contributed by atoms with van der Waals surface area (Å²) in [5.41, 5.74) is 0.221. The van der Waals surface area contributed by atoms with Crippen LogP contribution < -0.4 is 9.46 Å². The van der Waals surface area contributed by atoms with Gasteiger partial charge in [0.2, 0.25) is 10.0 Å². The summed E-state index contributed by atoms with van der Waals surface area (Å²) in [6.45, 7) is 0.659. The largest absolute Gasteiger partial charge is 0.495 e. The predicted octanol–water partition coefficient (Wildman–Crippen LogP) is 0.540. The lowest BCUT2D eigenvalue weighted by Crippen LogP contribution is -2.40. The molecule has 1 aliphatic rings. The van der Waals surface area contributed by atoms with E-state index >= 15 is 0 Å². The molecule has 0 radical (unpaired) electrons. The lowest BCUT2D eigenvalue weighted by molar-refractivity contribution is -0.143. The number of carboxylic acid groups (broad SMARTS) is 1. The van der Waals surface area contributed by atoms with Gasteiger partial charge in [0.1, 0.15) is 10.6 Å².